The first-order valence-electron chi connectivity index (χ1n) is 17.0. The number of fused-ring (bicyclic) bond motifs is 1. The first kappa shape index (κ1) is 37.7. The van der Waals surface area contributed by atoms with Crippen LogP contribution in [0.15, 0.2) is 60.9 Å². The zero-order chi connectivity index (χ0) is 36.9. The van der Waals surface area contributed by atoms with Crippen LogP contribution in [0.4, 0.5) is 10.5 Å². The highest BCUT2D eigenvalue weighted by molar-refractivity contribution is 6.35. The molecule has 3 heterocycles. The Hall–Kier alpha value is -4.55. The van der Waals surface area contributed by atoms with E-state index in [-0.39, 0.29) is 25.4 Å². The van der Waals surface area contributed by atoms with Gasteiger partial charge >= 0.3 is 6.09 Å². The molecule has 0 radical (unpaired) electrons. The monoisotopic (exact) mass is 715 g/mol. The summed E-state index contributed by atoms with van der Waals surface area (Å²) in [5.41, 5.74) is 7.00. The predicted octanol–water partition coefficient (Wildman–Crippen LogP) is 6.50. The lowest BCUT2D eigenvalue weighted by Crippen LogP contribution is -2.38. The summed E-state index contributed by atoms with van der Waals surface area (Å²) >= 11 is 7.10. The largest absolute Gasteiger partial charge is 0.496 e. The third-order valence-electron chi connectivity index (χ3n) is 8.61. The SMILES string of the molecule is COc1cc(-c2nccc(-c3cccc(NC(=O)c4ccc(CN(CCO)C(=O)OC(C)(C)C)cn4)c3C)c2Cl)cc2c1CN(C[C@H](C)O)CC2. The van der Waals surface area contributed by atoms with Gasteiger partial charge < -0.3 is 29.9 Å². The van der Waals surface area contributed by atoms with Crippen LogP contribution in [0.2, 0.25) is 5.02 Å². The summed E-state index contributed by atoms with van der Waals surface area (Å²) in [7, 11) is 1.66. The molecule has 11 nitrogen and oxygen atoms in total. The van der Waals surface area contributed by atoms with Crippen molar-refractivity contribution in [3.63, 3.8) is 0 Å². The van der Waals surface area contributed by atoms with E-state index in [2.05, 4.69) is 26.3 Å². The molecule has 0 saturated carbocycles. The molecule has 3 N–H and O–H groups in total. The predicted molar refractivity (Wildman–Crippen MR) is 198 cm³/mol. The van der Waals surface area contributed by atoms with Crippen molar-refractivity contribution >= 4 is 29.3 Å². The van der Waals surface area contributed by atoms with Crippen molar-refractivity contribution in [1.82, 2.24) is 19.8 Å². The Morgan fingerprint density at radius 3 is 2.57 bits per heavy atom. The average Bonchev–Trinajstić information content (AvgIpc) is 3.08. The number of amides is 2. The third kappa shape index (κ3) is 9.22. The Balaban J connectivity index is 1.35. The van der Waals surface area contributed by atoms with Crippen molar-refractivity contribution in [3.8, 4) is 28.1 Å². The lowest BCUT2D eigenvalue weighted by Gasteiger charge is -2.31. The fourth-order valence-corrected chi connectivity index (χ4v) is 6.51. The molecule has 0 bridgehead atoms. The van der Waals surface area contributed by atoms with Gasteiger partial charge in [-0.1, -0.05) is 29.8 Å². The Kier molecular flexibility index (Phi) is 12.0. The van der Waals surface area contributed by atoms with Gasteiger partial charge in [0.2, 0.25) is 0 Å². The summed E-state index contributed by atoms with van der Waals surface area (Å²) in [5.74, 6) is 0.366. The zero-order valence-corrected chi connectivity index (χ0v) is 30.8. The molecule has 0 unspecified atom stereocenters. The number of nitrogens with zero attached hydrogens (tertiary/aromatic N) is 4. The number of hydrogen-bond acceptors (Lipinski definition) is 9. The number of aromatic nitrogens is 2. The van der Waals surface area contributed by atoms with E-state index in [9.17, 15) is 19.8 Å². The second kappa shape index (κ2) is 16.2. The van der Waals surface area contributed by atoms with Crippen LogP contribution in [0.3, 0.4) is 0 Å². The Labute approximate surface area is 304 Å². The molecule has 1 aliphatic heterocycles. The second-order valence-corrected chi connectivity index (χ2v) is 14.2. The van der Waals surface area contributed by atoms with Crippen LogP contribution < -0.4 is 10.1 Å². The molecule has 4 aromatic rings. The van der Waals surface area contributed by atoms with Crippen molar-refractivity contribution in [2.24, 2.45) is 0 Å². The number of halogens is 1. The number of methoxy groups -OCH3 is 1. The first-order chi connectivity index (χ1) is 24.3. The summed E-state index contributed by atoms with van der Waals surface area (Å²) < 4.78 is 11.3. The van der Waals surface area contributed by atoms with Crippen molar-refractivity contribution in [2.45, 2.75) is 65.8 Å². The summed E-state index contributed by atoms with van der Waals surface area (Å²) in [4.78, 5) is 38.5. The standard InChI is InChI=1S/C39H46ClN5O6/c1-24(47)21-44-15-13-27-18-28(19-34(50-6)31(27)23-44)36-35(40)30(12-14-41-36)29-8-7-9-32(25(29)2)43-37(48)33-11-10-26(20-42-33)22-45(16-17-46)38(49)51-39(3,4)5/h7-12,14,18-20,24,46-47H,13,15-17,21-23H2,1-6H3,(H,43,48)/t24-/m0/s1. The molecule has 1 atom stereocenters. The highest BCUT2D eigenvalue weighted by Crippen LogP contribution is 2.40. The molecule has 5 rings (SSSR count). The topological polar surface area (TPSA) is 137 Å². The highest BCUT2D eigenvalue weighted by atomic mass is 35.5. The van der Waals surface area contributed by atoms with Gasteiger partial charge in [0.05, 0.1) is 37.1 Å². The van der Waals surface area contributed by atoms with Gasteiger partial charge in [-0.25, -0.2) is 4.79 Å². The number of aliphatic hydroxyl groups excluding tert-OH is 2. The minimum atomic E-state index is -0.675. The molecule has 2 aromatic heterocycles. The van der Waals surface area contributed by atoms with Crippen LogP contribution in [0.5, 0.6) is 5.75 Å². The van der Waals surface area contributed by atoms with Gasteiger partial charge in [-0.3, -0.25) is 19.7 Å². The quantitative estimate of drug-likeness (QED) is 0.159. The van der Waals surface area contributed by atoms with E-state index < -0.39 is 23.7 Å². The number of aliphatic hydroxyl groups is 2. The van der Waals surface area contributed by atoms with E-state index in [0.29, 0.717) is 35.1 Å². The van der Waals surface area contributed by atoms with Crippen LogP contribution >= 0.6 is 11.6 Å². The van der Waals surface area contributed by atoms with Gasteiger partial charge in [-0.2, -0.15) is 0 Å². The fourth-order valence-electron chi connectivity index (χ4n) is 6.19. The van der Waals surface area contributed by atoms with Crippen LogP contribution in [-0.4, -0.2) is 87.0 Å². The first-order valence-corrected chi connectivity index (χ1v) is 17.4. The molecule has 0 aliphatic carbocycles. The summed E-state index contributed by atoms with van der Waals surface area (Å²) in [6, 6.07) is 14.9. The number of pyridine rings is 2. The number of benzene rings is 2. The summed E-state index contributed by atoms with van der Waals surface area (Å²) in [6.45, 7) is 11.2. The van der Waals surface area contributed by atoms with E-state index in [4.69, 9.17) is 21.1 Å². The van der Waals surface area contributed by atoms with E-state index in [1.807, 2.05) is 37.3 Å². The molecule has 2 amide bonds. The fraction of sp³-hybridized carbons (Fsp3) is 0.385. The molecule has 0 saturated heterocycles. The van der Waals surface area contributed by atoms with Crippen LogP contribution in [0, 0.1) is 6.92 Å². The number of carbonyl (C=O) groups is 2. The maximum atomic E-state index is 13.3. The molecule has 12 heteroatoms. The summed E-state index contributed by atoms with van der Waals surface area (Å²) in [5, 5.41) is 22.8. The lowest BCUT2D eigenvalue weighted by molar-refractivity contribution is 0.0201. The molecule has 2 aromatic carbocycles. The van der Waals surface area contributed by atoms with Gasteiger partial charge in [0.25, 0.3) is 5.91 Å². The summed E-state index contributed by atoms with van der Waals surface area (Å²) in [6.07, 6.45) is 3.13. The van der Waals surface area contributed by atoms with E-state index in [1.165, 1.54) is 16.7 Å². The number of hydrogen-bond donors (Lipinski definition) is 3. The number of nitrogens with one attached hydrogen (secondary N) is 1. The molecule has 1 aliphatic rings. The normalized spacial score (nSPS) is 13.7. The van der Waals surface area contributed by atoms with Gasteiger partial charge in [0.1, 0.15) is 17.0 Å². The van der Waals surface area contributed by atoms with E-state index >= 15 is 0 Å². The number of carbonyl (C=O) groups excluding carboxylic acids is 2. The van der Waals surface area contributed by atoms with Gasteiger partial charge in [0.15, 0.2) is 0 Å². The van der Waals surface area contributed by atoms with Gasteiger partial charge in [-0.05, 0) is 93.6 Å². The molecular formula is C39H46ClN5O6. The Morgan fingerprint density at radius 1 is 1.12 bits per heavy atom. The minimum absolute atomic E-state index is 0.0989. The van der Waals surface area contributed by atoms with Crippen LogP contribution in [0.1, 0.15) is 60.4 Å². The Bertz CT molecular complexity index is 1860. The average molecular weight is 716 g/mol. The molecule has 0 spiro atoms. The van der Waals surface area contributed by atoms with Crippen molar-refractivity contribution in [3.05, 3.63) is 93.9 Å². The van der Waals surface area contributed by atoms with E-state index in [1.54, 1.807) is 53.1 Å². The number of anilines is 1. The molecule has 270 valence electrons. The third-order valence-corrected chi connectivity index (χ3v) is 8.99. The molecule has 51 heavy (non-hydrogen) atoms. The second-order valence-electron chi connectivity index (χ2n) is 13.8. The zero-order valence-electron chi connectivity index (χ0n) is 30.0. The van der Waals surface area contributed by atoms with Crippen LogP contribution in [0.25, 0.3) is 22.4 Å². The molecule has 0 fully saturated rings. The van der Waals surface area contributed by atoms with Crippen molar-refractivity contribution < 1.29 is 29.3 Å². The van der Waals surface area contributed by atoms with Gasteiger partial charge in [-0.15, -0.1) is 0 Å². The smallest absolute Gasteiger partial charge is 0.410 e. The van der Waals surface area contributed by atoms with Crippen molar-refractivity contribution in [2.75, 3.05) is 38.7 Å². The number of ether oxygens (including phenoxy) is 2. The maximum absolute atomic E-state index is 13.3. The minimum Gasteiger partial charge on any atom is -0.496 e. The molecular weight excluding hydrogens is 670 g/mol. The van der Waals surface area contributed by atoms with Gasteiger partial charge in [0, 0.05) is 61.0 Å². The highest BCUT2D eigenvalue weighted by Gasteiger charge is 2.25. The lowest BCUT2D eigenvalue weighted by atomic mass is 9.93. The van der Waals surface area contributed by atoms with Crippen molar-refractivity contribution in [1.29, 1.82) is 0 Å². The number of β-amino-alcohol motifs (C(OH)–C–C–N with tert-alkyl or cyclic N) is 1. The Morgan fingerprint density at radius 2 is 1.90 bits per heavy atom. The number of rotatable bonds is 11. The van der Waals surface area contributed by atoms with E-state index in [0.717, 1.165) is 46.5 Å². The van der Waals surface area contributed by atoms with Crippen LogP contribution in [-0.2, 0) is 24.2 Å². The maximum Gasteiger partial charge on any atom is 0.410 e.